The largest absolute Gasteiger partial charge is 0.381 e. The summed E-state index contributed by atoms with van der Waals surface area (Å²) < 4.78 is 5.63. The lowest BCUT2D eigenvalue weighted by Gasteiger charge is -2.42. The zero-order valence-corrected chi connectivity index (χ0v) is 19.1. The van der Waals surface area contributed by atoms with Crippen LogP contribution in [0.1, 0.15) is 57.9 Å². The van der Waals surface area contributed by atoms with Gasteiger partial charge in [0, 0.05) is 49.2 Å². The Morgan fingerprint density at radius 1 is 1.10 bits per heavy atom. The van der Waals surface area contributed by atoms with Crippen LogP contribution in [0, 0.1) is 5.41 Å². The lowest BCUT2D eigenvalue weighted by Crippen LogP contribution is -2.52. The van der Waals surface area contributed by atoms with Crippen LogP contribution < -0.4 is 10.2 Å². The van der Waals surface area contributed by atoms with Gasteiger partial charge in [0.2, 0.25) is 11.8 Å². The van der Waals surface area contributed by atoms with Crippen molar-refractivity contribution >= 4 is 17.5 Å². The molecule has 6 nitrogen and oxygen atoms in total. The number of benzene rings is 1. The van der Waals surface area contributed by atoms with Gasteiger partial charge in [-0.05, 0) is 50.4 Å². The molecule has 2 saturated heterocycles. The number of fused-ring (bicyclic) bond motifs is 1. The normalized spacial score (nSPS) is 23.3. The van der Waals surface area contributed by atoms with E-state index >= 15 is 0 Å². The van der Waals surface area contributed by atoms with E-state index < -0.39 is 0 Å². The number of carbonyl (C=O) groups is 2. The quantitative estimate of drug-likeness (QED) is 0.758. The van der Waals surface area contributed by atoms with Gasteiger partial charge in [0.05, 0.1) is 0 Å². The summed E-state index contributed by atoms with van der Waals surface area (Å²) in [5.41, 5.74) is 1.86. The highest BCUT2D eigenvalue weighted by atomic mass is 16.5. The van der Waals surface area contributed by atoms with E-state index in [1.165, 1.54) is 19.3 Å². The predicted octanol–water partition coefficient (Wildman–Crippen LogP) is 3.10. The smallest absolute Gasteiger partial charge is 0.240 e. The van der Waals surface area contributed by atoms with Crippen molar-refractivity contribution in [1.29, 1.82) is 0 Å². The van der Waals surface area contributed by atoms with Crippen LogP contribution in [0.4, 0.5) is 5.69 Å². The number of amides is 2. The third-order valence-corrected chi connectivity index (χ3v) is 7.34. The summed E-state index contributed by atoms with van der Waals surface area (Å²) in [4.78, 5) is 30.0. The minimum Gasteiger partial charge on any atom is -0.381 e. The molecule has 0 aromatic heterocycles. The number of carbonyl (C=O) groups excluding carboxylic acids is 2. The Kier molecular flexibility index (Phi) is 6.68. The Morgan fingerprint density at radius 2 is 1.81 bits per heavy atom. The van der Waals surface area contributed by atoms with Crippen molar-refractivity contribution in [2.75, 3.05) is 50.8 Å². The minimum absolute atomic E-state index is 0.0212. The van der Waals surface area contributed by atoms with Gasteiger partial charge >= 0.3 is 0 Å². The zero-order valence-electron chi connectivity index (χ0n) is 19.1. The van der Waals surface area contributed by atoms with E-state index in [0.29, 0.717) is 13.0 Å². The number of nitrogens with one attached hydrogen (secondary N) is 1. The number of hydrogen-bond donors (Lipinski definition) is 1. The zero-order chi connectivity index (χ0) is 21.9. The molecule has 1 aromatic rings. The highest BCUT2D eigenvalue weighted by Crippen LogP contribution is 2.40. The molecule has 3 aliphatic rings. The van der Waals surface area contributed by atoms with Crippen molar-refractivity contribution in [3.63, 3.8) is 0 Å². The maximum absolute atomic E-state index is 13.0. The maximum Gasteiger partial charge on any atom is 0.240 e. The number of rotatable bonds is 6. The summed E-state index contributed by atoms with van der Waals surface area (Å²) in [5.74, 6) is -0.0553. The van der Waals surface area contributed by atoms with Gasteiger partial charge < -0.3 is 19.9 Å². The average molecular weight is 428 g/mol. The Morgan fingerprint density at radius 3 is 2.55 bits per heavy atom. The first-order chi connectivity index (χ1) is 14.9. The summed E-state index contributed by atoms with van der Waals surface area (Å²) in [5, 5.41) is 3.19. The number of nitrogens with zero attached hydrogens (tertiary/aromatic N) is 2. The lowest BCUT2D eigenvalue weighted by atomic mass is 9.77. The summed E-state index contributed by atoms with van der Waals surface area (Å²) in [7, 11) is 0. The minimum atomic E-state index is -0.207. The second-order valence-corrected chi connectivity index (χ2v) is 10.3. The Labute approximate surface area is 186 Å². The second-order valence-electron chi connectivity index (χ2n) is 10.3. The molecular weight excluding hydrogens is 390 g/mol. The van der Waals surface area contributed by atoms with E-state index in [1.54, 1.807) is 4.90 Å². The molecule has 2 amide bonds. The van der Waals surface area contributed by atoms with Crippen LogP contribution in [0.5, 0.6) is 0 Å². The molecule has 31 heavy (non-hydrogen) atoms. The molecule has 0 unspecified atom stereocenters. The fourth-order valence-corrected chi connectivity index (χ4v) is 5.43. The highest BCUT2D eigenvalue weighted by molar-refractivity contribution is 6.02. The van der Waals surface area contributed by atoms with Crippen LogP contribution in [-0.2, 0) is 19.7 Å². The third kappa shape index (κ3) is 5.12. The Bertz CT molecular complexity index is 795. The van der Waals surface area contributed by atoms with Crippen molar-refractivity contribution < 1.29 is 14.3 Å². The average Bonchev–Trinajstić information content (AvgIpc) is 2.76. The van der Waals surface area contributed by atoms with Gasteiger partial charge in [0.1, 0.15) is 6.54 Å². The topological polar surface area (TPSA) is 61.9 Å². The third-order valence-electron chi connectivity index (χ3n) is 7.34. The van der Waals surface area contributed by atoms with Gasteiger partial charge in [0.15, 0.2) is 0 Å². The molecule has 1 aromatic carbocycles. The Balaban J connectivity index is 1.41. The molecule has 4 rings (SSSR count). The van der Waals surface area contributed by atoms with Crippen LogP contribution in [0.15, 0.2) is 24.3 Å². The monoisotopic (exact) mass is 427 g/mol. The van der Waals surface area contributed by atoms with Gasteiger partial charge in [-0.1, -0.05) is 38.5 Å². The van der Waals surface area contributed by atoms with Gasteiger partial charge in [0.25, 0.3) is 0 Å². The summed E-state index contributed by atoms with van der Waals surface area (Å²) >= 11 is 0. The number of piperidine rings is 1. The summed E-state index contributed by atoms with van der Waals surface area (Å²) in [6.07, 6.45) is 6.24. The number of anilines is 1. The molecule has 0 atom stereocenters. The molecule has 3 heterocycles. The molecule has 1 N–H and O–H groups in total. The molecule has 0 radical (unpaired) electrons. The van der Waals surface area contributed by atoms with Crippen LogP contribution in [-0.4, -0.2) is 62.7 Å². The van der Waals surface area contributed by atoms with E-state index in [-0.39, 0.29) is 29.2 Å². The summed E-state index contributed by atoms with van der Waals surface area (Å²) in [6.45, 7) is 9.79. The van der Waals surface area contributed by atoms with E-state index in [2.05, 4.69) is 30.1 Å². The SMILES string of the molecule is CC1(C)CC(=O)N(CC(=O)NCC2(CN3CCCCC3)CCOCC2)c2ccccc21. The van der Waals surface area contributed by atoms with Crippen molar-refractivity contribution in [3.8, 4) is 0 Å². The van der Waals surface area contributed by atoms with Crippen molar-refractivity contribution in [3.05, 3.63) is 29.8 Å². The van der Waals surface area contributed by atoms with E-state index in [0.717, 1.165) is 56.9 Å². The first-order valence-corrected chi connectivity index (χ1v) is 11.9. The van der Waals surface area contributed by atoms with Crippen molar-refractivity contribution in [1.82, 2.24) is 10.2 Å². The van der Waals surface area contributed by atoms with Crippen LogP contribution in [0.25, 0.3) is 0 Å². The van der Waals surface area contributed by atoms with Gasteiger partial charge in [-0.25, -0.2) is 0 Å². The first kappa shape index (κ1) is 22.3. The molecule has 0 spiro atoms. The number of likely N-dealkylation sites (tertiary alicyclic amines) is 1. The van der Waals surface area contributed by atoms with E-state index in [4.69, 9.17) is 4.74 Å². The fraction of sp³-hybridized carbons (Fsp3) is 0.680. The number of hydrogen-bond acceptors (Lipinski definition) is 4. The van der Waals surface area contributed by atoms with Gasteiger partial charge in [-0.2, -0.15) is 0 Å². The van der Waals surface area contributed by atoms with Crippen molar-refractivity contribution in [2.24, 2.45) is 5.41 Å². The van der Waals surface area contributed by atoms with Crippen LogP contribution in [0.3, 0.4) is 0 Å². The second kappa shape index (κ2) is 9.29. The van der Waals surface area contributed by atoms with E-state index in [1.807, 2.05) is 18.2 Å². The number of para-hydroxylation sites is 1. The fourth-order valence-electron chi connectivity index (χ4n) is 5.43. The molecule has 0 aliphatic carbocycles. The summed E-state index contributed by atoms with van der Waals surface area (Å²) in [6, 6.07) is 7.97. The Hall–Kier alpha value is -1.92. The molecule has 170 valence electrons. The van der Waals surface area contributed by atoms with Gasteiger partial charge in [-0.3, -0.25) is 9.59 Å². The van der Waals surface area contributed by atoms with Crippen molar-refractivity contribution in [2.45, 2.75) is 57.8 Å². The molecule has 2 fully saturated rings. The molecule has 3 aliphatic heterocycles. The first-order valence-electron chi connectivity index (χ1n) is 11.9. The van der Waals surface area contributed by atoms with E-state index in [9.17, 15) is 9.59 Å². The standard InChI is InChI=1S/C25H37N3O3/c1-24(2)16-23(30)28(21-9-5-4-8-20(21)24)17-22(29)26-18-25(10-14-31-15-11-25)19-27-12-6-3-7-13-27/h4-5,8-9H,3,6-7,10-19H2,1-2H3,(H,26,29). The van der Waals surface area contributed by atoms with Crippen LogP contribution in [0.2, 0.25) is 0 Å². The lowest BCUT2D eigenvalue weighted by molar-refractivity contribution is -0.125. The highest BCUT2D eigenvalue weighted by Gasteiger charge is 2.38. The molecule has 0 saturated carbocycles. The number of ether oxygens (including phenoxy) is 1. The molecule has 0 bridgehead atoms. The molecule has 6 heteroatoms. The van der Waals surface area contributed by atoms with Crippen LogP contribution >= 0.6 is 0 Å². The maximum atomic E-state index is 13.0. The molecular formula is C25H37N3O3. The van der Waals surface area contributed by atoms with Gasteiger partial charge in [-0.15, -0.1) is 0 Å². The predicted molar refractivity (Wildman–Crippen MR) is 122 cm³/mol.